The highest BCUT2D eigenvalue weighted by molar-refractivity contribution is 5.32. The van der Waals surface area contributed by atoms with Crippen molar-refractivity contribution >= 4 is 0 Å². The molecule has 2 nitrogen and oxygen atoms in total. The van der Waals surface area contributed by atoms with Crippen LogP contribution in [-0.2, 0) is 10.9 Å². The highest BCUT2D eigenvalue weighted by Gasteiger charge is 2.36. The Morgan fingerprint density at radius 3 is 2.63 bits per heavy atom. The van der Waals surface area contributed by atoms with E-state index < -0.39 is 17.8 Å². The summed E-state index contributed by atoms with van der Waals surface area (Å²) in [6.45, 7) is 5.63. The van der Waals surface area contributed by atoms with E-state index in [9.17, 15) is 13.2 Å². The molecule has 1 heterocycles. The molecule has 0 spiro atoms. The van der Waals surface area contributed by atoms with Crippen molar-refractivity contribution in [2.24, 2.45) is 5.41 Å². The van der Waals surface area contributed by atoms with Crippen molar-refractivity contribution in [1.82, 2.24) is 5.32 Å². The molecular weight excluding hydrogens is 255 g/mol. The molecule has 2 rings (SSSR count). The minimum atomic E-state index is -4.35. The molecule has 1 aliphatic heterocycles. The van der Waals surface area contributed by atoms with Gasteiger partial charge in [0.1, 0.15) is 0 Å². The van der Waals surface area contributed by atoms with Crippen LogP contribution in [0.15, 0.2) is 24.3 Å². The molecule has 0 radical (unpaired) electrons. The number of nitrogens with one attached hydrogen (secondary N) is 1. The van der Waals surface area contributed by atoms with Crippen molar-refractivity contribution in [3.63, 3.8) is 0 Å². The lowest BCUT2D eigenvalue weighted by Gasteiger charge is -2.23. The van der Waals surface area contributed by atoms with Gasteiger partial charge in [0.25, 0.3) is 0 Å². The molecule has 19 heavy (non-hydrogen) atoms. The highest BCUT2D eigenvalue weighted by Crippen LogP contribution is 2.36. The first-order valence-electron chi connectivity index (χ1n) is 6.28. The van der Waals surface area contributed by atoms with Crippen LogP contribution in [-0.4, -0.2) is 19.7 Å². The van der Waals surface area contributed by atoms with Gasteiger partial charge in [0.05, 0.1) is 18.3 Å². The Morgan fingerprint density at radius 2 is 1.95 bits per heavy atom. The number of benzene rings is 1. The predicted octanol–water partition coefficient (Wildman–Crippen LogP) is 3.39. The fraction of sp³-hybridized carbons (Fsp3) is 0.571. The summed E-state index contributed by atoms with van der Waals surface area (Å²) in [6.07, 6.45) is -4.90. The zero-order valence-electron chi connectivity index (χ0n) is 11.1. The number of ether oxygens (including phenoxy) is 1. The van der Waals surface area contributed by atoms with Crippen molar-refractivity contribution in [2.75, 3.05) is 19.7 Å². The van der Waals surface area contributed by atoms with Gasteiger partial charge in [-0.3, -0.25) is 0 Å². The maximum Gasteiger partial charge on any atom is 0.416 e. The number of halogens is 3. The maximum absolute atomic E-state index is 13.0. The highest BCUT2D eigenvalue weighted by atomic mass is 19.4. The van der Waals surface area contributed by atoms with E-state index in [-0.39, 0.29) is 11.0 Å². The Bertz CT molecular complexity index is 443. The van der Waals surface area contributed by atoms with Crippen LogP contribution < -0.4 is 5.32 Å². The molecule has 0 saturated carbocycles. The molecule has 1 unspecified atom stereocenters. The summed E-state index contributed by atoms with van der Waals surface area (Å²) >= 11 is 0. The van der Waals surface area contributed by atoms with Crippen molar-refractivity contribution in [3.8, 4) is 0 Å². The van der Waals surface area contributed by atoms with Crippen LogP contribution in [0, 0.1) is 5.41 Å². The molecule has 1 aromatic rings. The van der Waals surface area contributed by atoms with Gasteiger partial charge in [-0.05, 0) is 11.6 Å². The Hall–Kier alpha value is -1.07. The van der Waals surface area contributed by atoms with Gasteiger partial charge in [-0.2, -0.15) is 13.2 Å². The van der Waals surface area contributed by atoms with Crippen LogP contribution in [0.3, 0.4) is 0 Å². The molecule has 1 atom stereocenters. The molecule has 1 saturated heterocycles. The fourth-order valence-electron chi connectivity index (χ4n) is 2.21. The van der Waals surface area contributed by atoms with Crippen LogP contribution in [0.2, 0.25) is 0 Å². The van der Waals surface area contributed by atoms with E-state index in [4.69, 9.17) is 4.74 Å². The first-order chi connectivity index (χ1) is 8.80. The normalized spacial score (nSPS) is 23.9. The summed E-state index contributed by atoms with van der Waals surface area (Å²) in [5.74, 6) is 0. The summed E-state index contributed by atoms with van der Waals surface area (Å²) in [5, 5.41) is 3.17. The minimum absolute atomic E-state index is 0.0675. The third-order valence-electron chi connectivity index (χ3n) is 3.22. The second-order valence-electron chi connectivity index (χ2n) is 5.68. The van der Waals surface area contributed by atoms with Crippen LogP contribution in [0.25, 0.3) is 0 Å². The van der Waals surface area contributed by atoms with Gasteiger partial charge in [0, 0.05) is 18.5 Å². The van der Waals surface area contributed by atoms with E-state index in [1.165, 1.54) is 12.1 Å². The summed E-state index contributed by atoms with van der Waals surface area (Å²) in [7, 11) is 0. The monoisotopic (exact) mass is 273 g/mol. The van der Waals surface area contributed by atoms with E-state index in [0.29, 0.717) is 13.2 Å². The Labute approximate surface area is 111 Å². The first kappa shape index (κ1) is 14.3. The third kappa shape index (κ3) is 3.48. The molecule has 106 valence electrons. The van der Waals surface area contributed by atoms with Crippen molar-refractivity contribution in [3.05, 3.63) is 35.4 Å². The summed E-state index contributed by atoms with van der Waals surface area (Å²) < 4.78 is 44.6. The fourth-order valence-corrected chi connectivity index (χ4v) is 2.21. The van der Waals surface area contributed by atoms with Crippen molar-refractivity contribution in [1.29, 1.82) is 0 Å². The SMILES string of the molecule is CC1(C)CNCC(c2ccccc2C(F)(F)F)OC1. The van der Waals surface area contributed by atoms with Crippen LogP contribution in [0.4, 0.5) is 13.2 Å². The van der Waals surface area contributed by atoms with Crippen LogP contribution in [0.1, 0.15) is 31.1 Å². The van der Waals surface area contributed by atoms with Gasteiger partial charge in [-0.15, -0.1) is 0 Å². The zero-order valence-corrected chi connectivity index (χ0v) is 11.1. The average molecular weight is 273 g/mol. The second-order valence-corrected chi connectivity index (χ2v) is 5.68. The molecule has 1 fully saturated rings. The van der Waals surface area contributed by atoms with Gasteiger partial charge < -0.3 is 10.1 Å². The number of alkyl halides is 3. The minimum Gasteiger partial charge on any atom is -0.372 e. The van der Waals surface area contributed by atoms with Gasteiger partial charge in [-0.25, -0.2) is 0 Å². The molecule has 0 bridgehead atoms. The van der Waals surface area contributed by atoms with Crippen molar-refractivity contribution in [2.45, 2.75) is 26.1 Å². The van der Waals surface area contributed by atoms with E-state index in [2.05, 4.69) is 5.32 Å². The number of rotatable bonds is 1. The van der Waals surface area contributed by atoms with E-state index in [1.807, 2.05) is 13.8 Å². The summed E-state index contributed by atoms with van der Waals surface area (Å²) in [6, 6.07) is 5.62. The second kappa shape index (κ2) is 5.13. The van der Waals surface area contributed by atoms with E-state index in [0.717, 1.165) is 12.6 Å². The summed E-state index contributed by atoms with van der Waals surface area (Å²) in [4.78, 5) is 0. The number of hydrogen-bond acceptors (Lipinski definition) is 2. The molecule has 1 aliphatic rings. The lowest BCUT2D eigenvalue weighted by Crippen LogP contribution is -2.29. The molecule has 0 amide bonds. The molecule has 1 aromatic carbocycles. The molecule has 0 aromatic heterocycles. The lowest BCUT2D eigenvalue weighted by atomic mass is 9.95. The smallest absolute Gasteiger partial charge is 0.372 e. The van der Waals surface area contributed by atoms with Gasteiger partial charge >= 0.3 is 6.18 Å². The number of hydrogen-bond donors (Lipinski definition) is 1. The van der Waals surface area contributed by atoms with Gasteiger partial charge in [0.15, 0.2) is 0 Å². The van der Waals surface area contributed by atoms with Gasteiger partial charge in [-0.1, -0.05) is 32.0 Å². The van der Waals surface area contributed by atoms with E-state index >= 15 is 0 Å². The lowest BCUT2D eigenvalue weighted by molar-refractivity contribution is -0.139. The quantitative estimate of drug-likeness (QED) is 0.847. The van der Waals surface area contributed by atoms with E-state index in [1.54, 1.807) is 6.07 Å². The average Bonchev–Trinajstić information content (AvgIpc) is 2.49. The Balaban J connectivity index is 2.27. The van der Waals surface area contributed by atoms with Crippen LogP contribution in [0.5, 0.6) is 0 Å². The standard InChI is InChI=1S/C14H18F3NO/c1-13(2)8-18-7-12(19-9-13)10-5-3-4-6-11(10)14(15,16)17/h3-6,12,18H,7-9H2,1-2H3. The molecular formula is C14H18F3NO. The molecule has 0 aliphatic carbocycles. The van der Waals surface area contributed by atoms with Crippen LogP contribution >= 0.6 is 0 Å². The van der Waals surface area contributed by atoms with Crippen molar-refractivity contribution < 1.29 is 17.9 Å². The summed E-state index contributed by atoms with van der Waals surface area (Å²) in [5.41, 5.74) is -0.469. The first-order valence-corrected chi connectivity index (χ1v) is 6.28. The Kier molecular flexibility index (Phi) is 3.87. The molecule has 1 N–H and O–H groups in total. The maximum atomic E-state index is 13.0. The Morgan fingerprint density at radius 1 is 1.26 bits per heavy atom. The topological polar surface area (TPSA) is 21.3 Å². The third-order valence-corrected chi connectivity index (χ3v) is 3.22. The largest absolute Gasteiger partial charge is 0.416 e. The zero-order chi connectivity index (χ0) is 14.1. The predicted molar refractivity (Wildman–Crippen MR) is 66.8 cm³/mol. The molecule has 5 heteroatoms. The van der Waals surface area contributed by atoms with Gasteiger partial charge in [0.2, 0.25) is 0 Å².